The van der Waals surface area contributed by atoms with E-state index in [0.29, 0.717) is 17.3 Å². The lowest BCUT2D eigenvalue weighted by atomic mass is 10.1. The molecule has 0 saturated carbocycles. The molecule has 1 fully saturated rings. The van der Waals surface area contributed by atoms with Crippen molar-refractivity contribution in [1.29, 1.82) is 0 Å². The van der Waals surface area contributed by atoms with E-state index in [1.165, 1.54) is 0 Å². The lowest BCUT2D eigenvalue weighted by molar-refractivity contribution is -0.135. The first-order chi connectivity index (χ1) is 8.91. The number of nitrogens with zero attached hydrogens (tertiary/aromatic N) is 2. The van der Waals surface area contributed by atoms with Gasteiger partial charge in [-0.2, -0.15) is 0 Å². The molecule has 4 nitrogen and oxygen atoms in total. The van der Waals surface area contributed by atoms with Crippen LogP contribution in [-0.2, 0) is 4.79 Å². The van der Waals surface area contributed by atoms with Gasteiger partial charge in [-0.3, -0.25) is 9.69 Å². The fourth-order valence-electron chi connectivity index (χ4n) is 2.52. The van der Waals surface area contributed by atoms with E-state index in [0.717, 1.165) is 39.0 Å². The molecule has 0 aromatic carbocycles. The summed E-state index contributed by atoms with van der Waals surface area (Å²) in [5, 5.41) is 0. The third-order valence-electron chi connectivity index (χ3n) is 3.57. The van der Waals surface area contributed by atoms with Crippen LogP contribution in [-0.4, -0.2) is 52.9 Å². The largest absolute Gasteiger partial charge is 0.393 e. The van der Waals surface area contributed by atoms with Gasteiger partial charge in [-0.15, -0.1) is 0 Å². The van der Waals surface area contributed by atoms with Gasteiger partial charge < -0.3 is 10.6 Å². The summed E-state index contributed by atoms with van der Waals surface area (Å²) in [6.07, 6.45) is 2.95. The molecule has 2 N–H and O–H groups in total. The summed E-state index contributed by atoms with van der Waals surface area (Å²) in [5.74, 6) is 0.779. The van der Waals surface area contributed by atoms with E-state index in [-0.39, 0.29) is 11.9 Å². The van der Waals surface area contributed by atoms with E-state index in [4.69, 9.17) is 18.0 Å². The molecule has 5 heteroatoms. The molecule has 1 amide bonds. The monoisotopic (exact) mass is 285 g/mol. The highest BCUT2D eigenvalue weighted by Gasteiger charge is 2.27. The van der Waals surface area contributed by atoms with Crippen molar-refractivity contribution in [3.63, 3.8) is 0 Å². The molecule has 0 radical (unpaired) electrons. The van der Waals surface area contributed by atoms with Crippen molar-refractivity contribution in [1.82, 2.24) is 9.80 Å². The maximum Gasteiger partial charge on any atom is 0.239 e. The molecular weight excluding hydrogens is 258 g/mol. The zero-order chi connectivity index (χ0) is 14.4. The lowest BCUT2D eigenvalue weighted by Crippen LogP contribution is -2.48. The number of amides is 1. The zero-order valence-corrected chi connectivity index (χ0v) is 13.2. The summed E-state index contributed by atoms with van der Waals surface area (Å²) in [6.45, 7) is 9.84. The molecule has 1 heterocycles. The Balaban J connectivity index is 2.60. The maximum atomic E-state index is 12.4. The van der Waals surface area contributed by atoms with E-state index in [1.807, 2.05) is 11.8 Å². The number of carbonyl (C=O) groups is 1. The van der Waals surface area contributed by atoms with E-state index < -0.39 is 0 Å². The molecule has 0 aromatic heterocycles. The van der Waals surface area contributed by atoms with E-state index >= 15 is 0 Å². The highest BCUT2D eigenvalue weighted by molar-refractivity contribution is 7.80. The number of thiocarbonyl (C=S) groups is 1. The molecule has 0 aliphatic carbocycles. The van der Waals surface area contributed by atoms with Crippen LogP contribution in [0.15, 0.2) is 0 Å². The molecule has 1 atom stereocenters. The Morgan fingerprint density at radius 3 is 2.37 bits per heavy atom. The van der Waals surface area contributed by atoms with Crippen molar-refractivity contribution in [3.8, 4) is 0 Å². The van der Waals surface area contributed by atoms with Crippen LogP contribution in [0.1, 0.15) is 40.0 Å². The highest BCUT2D eigenvalue weighted by Crippen LogP contribution is 2.13. The zero-order valence-electron chi connectivity index (χ0n) is 12.4. The molecule has 1 aliphatic heterocycles. The number of carbonyl (C=O) groups excluding carboxylic acids is 1. The molecule has 0 spiro atoms. The standard InChI is InChI=1S/C14H27N3OS/c1-11(2)10-17(9-6-13(15)19)12(3)14(18)16-7-4-5-8-16/h11-12H,4-10H2,1-3H3,(H2,15,19). The van der Waals surface area contributed by atoms with E-state index in [1.54, 1.807) is 0 Å². The van der Waals surface area contributed by atoms with Gasteiger partial charge in [0, 0.05) is 32.6 Å². The normalized spacial score (nSPS) is 17.2. The van der Waals surface area contributed by atoms with Crippen LogP contribution in [0.25, 0.3) is 0 Å². The smallest absolute Gasteiger partial charge is 0.239 e. The SMILES string of the molecule is CC(C)CN(CCC(N)=S)C(C)C(=O)N1CCCC1. The fraction of sp³-hybridized carbons (Fsp3) is 0.857. The number of nitrogens with two attached hydrogens (primary N) is 1. The molecular formula is C14H27N3OS. The fourth-order valence-corrected chi connectivity index (χ4v) is 2.62. The Morgan fingerprint density at radius 2 is 1.89 bits per heavy atom. The molecule has 1 unspecified atom stereocenters. The molecule has 110 valence electrons. The molecule has 1 saturated heterocycles. The lowest BCUT2D eigenvalue weighted by Gasteiger charge is -2.32. The van der Waals surface area contributed by atoms with Crippen LogP contribution >= 0.6 is 12.2 Å². The third-order valence-corrected chi connectivity index (χ3v) is 3.77. The molecule has 1 rings (SSSR count). The van der Waals surface area contributed by atoms with Gasteiger partial charge in [0.2, 0.25) is 5.91 Å². The average Bonchev–Trinajstić information content (AvgIpc) is 2.85. The quantitative estimate of drug-likeness (QED) is 0.722. The topological polar surface area (TPSA) is 49.6 Å². The van der Waals surface area contributed by atoms with Crippen LogP contribution in [0.2, 0.25) is 0 Å². The van der Waals surface area contributed by atoms with Crippen LogP contribution in [0.4, 0.5) is 0 Å². The van der Waals surface area contributed by atoms with Crippen molar-refractivity contribution in [2.75, 3.05) is 26.2 Å². The summed E-state index contributed by atoms with van der Waals surface area (Å²) in [7, 11) is 0. The van der Waals surface area contributed by atoms with Crippen LogP contribution in [0, 0.1) is 5.92 Å². The van der Waals surface area contributed by atoms with Crippen molar-refractivity contribution < 1.29 is 4.79 Å². The van der Waals surface area contributed by atoms with Crippen molar-refractivity contribution in [2.24, 2.45) is 11.7 Å². The van der Waals surface area contributed by atoms with E-state index in [2.05, 4.69) is 18.7 Å². The Bertz CT molecular complexity index is 314. The minimum Gasteiger partial charge on any atom is -0.393 e. The maximum absolute atomic E-state index is 12.4. The third kappa shape index (κ3) is 5.45. The molecule has 0 aromatic rings. The first-order valence-electron chi connectivity index (χ1n) is 7.23. The second kappa shape index (κ2) is 7.80. The molecule has 19 heavy (non-hydrogen) atoms. The molecule has 0 bridgehead atoms. The van der Waals surface area contributed by atoms with Gasteiger partial charge in [-0.25, -0.2) is 0 Å². The van der Waals surface area contributed by atoms with Crippen LogP contribution in [0.5, 0.6) is 0 Å². The minimum absolute atomic E-state index is 0.0742. The van der Waals surface area contributed by atoms with Gasteiger partial charge in [0.05, 0.1) is 11.0 Å². The predicted molar refractivity (Wildman–Crippen MR) is 83.1 cm³/mol. The van der Waals surface area contributed by atoms with Crippen molar-refractivity contribution in [2.45, 2.75) is 46.1 Å². The number of likely N-dealkylation sites (tertiary alicyclic amines) is 1. The summed E-state index contributed by atoms with van der Waals surface area (Å²) in [4.78, 5) is 17.2. The average molecular weight is 285 g/mol. The van der Waals surface area contributed by atoms with Gasteiger partial charge in [-0.05, 0) is 25.7 Å². The molecule has 1 aliphatic rings. The Hall–Kier alpha value is -0.680. The van der Waals surface area contributed by atoms with Gasteiger partial charge in [-0.1, -0.05) is 26.1 Å². The van der Waals surface area contributed by atoms with Crippen molar-refractivity contribution >= 4 is 23.1 Å². The summed E-state index contributed by atoms with van der Waals surface area (Å²) < 4.78 is 0. The Kier molecular flexibility index (Phi) is 6.72. The number of hydrogen-bond acceptors (Lipinski definition) is 3. The van der Waals surface area contributed by atoms with Gasteiger partial charge in [0.25, 0.3) is 0 Å². The van der Waals surface area contributed by atoms with Crippen LogP contribution < -0.4 is 5.73 Å². The minimum atomic E-state index is -0.0742. The van der Waals surface area contributed by atoms with Gasteiger partial charge in [0.1, 0.15) is 0 Å². The first-order valence-corrected chi connectivity index (χ1v) is 7.63. The van der Waals surface area contributed by atoms with Crippen LogP contribution in [0.3, 0.4) is 0 Å². The Labute approximate surface area is 122 Å². The summed E-state index contributed by atoms with van der Waals surface area (Å²) in [6, 6.07) is -0.0742. The second-order valence-corrected chi connectivity index (χ2v) is 6.34. The van der Waals surface area contributed by atoms with E-state index in [9.17, 15) is 4.79 Å². The second-order valence-electron chi connectivity index (χ2n) is 5.81. The highest BCUT2D eigenvalue weighted by atomic mass is 32.1. The number of hydrogen-bond donors (Lipinski definition) is 1. The summed E-state index contributed by atoms with van der Waals surface area (Å²) in [5.41, 5.74) is 5.58. The van der Waals surface area contributed by atoms with Crippen molar-refractivity contribution in [3.05, 3.63) is 0 Å². The Morgan fingerprint density at radius 1 is 1.32 bits per heavy atom. The summed E-state index contributed by atoms with van der Waals surface area (Å²) >= 11 is 4.94. The van der Waals surface area contributed by atoms with Gasteiger partial charge in [0.15, 0.2) is 0 Å². The predicted octanol–water partition coefficient (Wildman–Crippen LogP) is 1.63. The van der Waals surface area contributed by atoms with Gasteiger partial charge >= 0.3 is 0 Å². The number of rotatable bonds is 7. The first kappa shape index (κ1) is 16.4.